The Hall–Kier alpha value is -4.17. The first-order chi connectivity index (χ1) is 16.6. The Kier molecular flexibility index (Phi) is 5.97. The van der Waals surface area contributed by atoms with E-state index in [-0.39, 0.29) is 18.4 Å². The van der Waals surface area contributed by atoms with Crippen LogP contribution in [-0.2, 0) is 11.3 Å². The lowest BCUT2D eigenvalue weighted by molar-refractivity contribution is -0.121. The molecule has 2 heterocycles. The molecule has 2 amide bonds. The van der Waals surface area contributed by atoms with Crippen molar-refractivity contribution in [3.05, 3.63) is 89.3 Å². The number of thiazole rings is 1. The summed E-state index contributed by atoms with van der Waals surface area (Å²) in [6.07, 6.45) is 0. The Balaban J connectivity index is 1.38. The molecule has 7 nitrogen and oxygen atoms in total. The summed E-state index contributed by atoms with van der Waals surface area (Å²) in [6.45, 7) is 0.467. The van der Waals surface area contributed by atoms with Gasteiger partial charge in [-0.3, -0.25) is 14.9 Å². The third-order valence-corrected chi connectivity index (χ3v) is 6.20. The monoisotopic (exact) mass is 471 g/mol. The first kappa shape index (κ1) is 21.7. The zero-order valence-corrected chi connectivity index (χ0v) is 19.2. The Labute approximate surface area is 200 Å². The van der Waals surface area contributed by atoms with Crippen molar-refractivity contribution in [1.29, 1.82) is 0 Å². The number of methoxy groups -OCH3 is 1. The van der Waals surface area contributed by atoms with E-state index in [0.717, 1.165) is 11.1 Å². The summed E-state index contributed by atoms with van der Waals surface area (Å²) in [5.41, 5.74) is 3.75. The molecule has 0 spiro atoms. The summed E-state index contributed by atoms with van der Waals surface area (Å²) in [4.78, 5) is 31.6. The average molecular weight is 472 g/mol. The van der Waals surface area contributed by atoms with E-state index in [4.69, 9.17) is 9.47 Å². The van der Waals surface area contributed by atoms with Gasteiger partial charge >= 0.3 is 0 Å². The maximum absolute atomic E-state index is 12.6. The lowest BCUT2D eigenvalue weighted by atomic mass is 10.1. The van der Waals surface area contributed by atoms with Crippen molar-refractivity contribution in [1.82, 2.24) is 4.98 Å². The fraction of sp³-hybridized carbons (Fsp3) is 0.115. The molecule has 4 aromatic rings. The standard InChI is InChI=1S/C26H21N3O4S/c1-32-20-9-5-8-19(12-20)25(31)28-26-27-21(16-34-26)18-10-11-23-22(13-18)29(24(30)15-33-23)14-17-6-3-2-4-7-17/h2-13,16H,14-15H2,1H3,(H,27,28,31). The minimum Gasteiger partial charge on any atom is -0.497 e. The van der Waals surface area contributed by atoms with Crippen molar-refractivity contribution in [3.8, 4) is 22.8 Å². The van der Waals surface area contributed by atoms with Crippen LogP contribution >= 0.6 is 11.3 Å². The SMILES string of the molecule is COc1cccc(C(=O)Nc2nc(-c3ccc4c(c3)N(Cc3ccccc3)C(=O)CO4)cs2)c1. The summed E-state index contributed by atoms with van der Waals surface area (Å²) in [6, 6.07) is 22.4. The van der Waals surface area contributed by atoms with Crippen molar-refractivity contribution in [2.75, 3.05) is 23.9 Å². The number of fused-ring (bicyclic) bond motifs is 1. The lowest BCUT2D eigenvalue weighted by Gasteiger charge is -2.29. The fourth-order valence-electron chi connectivity index (χ4n) is 3.70. The van der Waals surface area contributed by atoms with Gasteiger partial charge in [-0.2, -0.15) is 0 Å². The summed E-state index contributed by atoms with van der Waals surface area (Å²) >= 11 is 1.33. The Morgan fingerprint density at radius 1 is 1.12 bits per heavy atom. The fourth-order valence-corrected chi connectivity index (χ4v) is 4.41. The maximum atomic E-state index is 12.6. The minimum atomic E-state index is -0.265. The van der Waals surface area contributed by atoms with Crippen LogP contribution in [0.15, 0.2) is 78.2 Å². The molecule has 0 saturated heterocycles. The number of aromatic nitrogens is 1. The van der Waals surface area contributed by atoms with E-state index in [1.807, 2.05) is 53.9 Å². The number of nitrogens with zero attached hydrogens (tertiary/aromatic N) is 2. The molecule has 1 aromatic heterocycles. The number of hydrogen-bond acceptors (Lipinski definition) is 6. The van der Waals surface area contributed by atoms with E-state index in [0.29, 0.717) is 40.1 Å². The highest BCUT2D eigenvalue weighted by Gasteiger charge is 2.26. The predicted molar refractivity (Wildman–Crippen MR) is 132 cm³/mol. The van der Waals surface area contributed by atoms with Gasteiger partial charge in [0.2, 0.25) is 0 Å². The zero-order valence-electron chi connectivity index (χ0n) is 18.4. The summed E-state index contributed by atoms with van der Waals surface area (Å²) < 4.78 is 10.8. The van der Waals surface area contributed by atoms with E-state index < -0.39 is 0 Å². The van der Waals surface area contributed by atoms with Gasteiger partial charge in [0, 0.05) is 16.5 Å². The molecular weight excluding hydrogens is 450 g/mol. The molecule has 1 aliphatic heterocycles. The van der Waals surface area contributed by atoms with Crippen LogP contribution in [0.4, 0.5) is 10.8 Å². The molecule has 0 aliphatic carbocycles. The van der Waals surface area contributed by atoms with Crippen LogP contribution in [0.5, 0.6) is 11.5 Å². The molecule has 5 rings (SSSR count). The molecule has 0 unspecified atom stereocenters. The number of nitrogens with one attached hydrogen (secondary N) is 1. The molecule has 0 radical (unpaired) electrons. The number of hydrogen-bond donors (Lipinski definition) is 1. The molecular formula is C26H21N3O4S. The van der Waals surface area contributed by atoms with Gasteiger partial charge in [0.25, 0.3) is 11.8 Å². The highest BCUT2D eigenvalue weighted by atomic mass is 32.1. The van der Waals surface area contributed by atoms with Gasteiger partial charge in [-0.15, -0.1) is 11.3 Å². The summed E-state index contributed by atoms with van der Waals surface area (Å²) in [7, 11) is 1.56. The zero-order chi connectivity index (χ0) is 23.5. The number of anilines is 2. The molecule has 8 heteroatoms. The first-order valence-corrected chi connectivity index (χ1v) is 11.5. The van der Waals surface area contributed by atoms with E-state index in [1.165, 1.54) is 11.3 Å². The Morgan fingerprint density at radius 3 is 2.79 bits per heavy atom. The average Bonchev–Trinajstić information content (AvgIpc) is 3.34. The molecule has 3 aromatic carbocycles. The van der Waals surface area contributed by atoms with Crippen molar-refractivity contribution in [3.63, 3.8) is 0 Å². The van der Waals surface area contributed by atoms with Crippen LogP contribution in [0.25, 0.3) is 11.3 Å². The first-order valence-electron chi connectivity index (χ1n) is 10.6. The van der Waals surface area contributed by atoms with Gasteiger partial charge in [-0.05, 0) is 42.0 Å². The number of carbonyl (C=O) groups is 2. The second kappa shape index (κ2) is 9.36. The second-order valence-corrected chi connectivity index (χ2v) is 8.52. The maximum Gasteiger partial charge on any atom is 0.265 e. The van der Waals surface area contributed by atoms with Crippen LogP contribution in [0.1, 0.15) is 15.9 Å². The van der Waals surface area contributed by atoms with Gasteiger partial charge < -0.3 is 14.4 Å². The summed E-state index contributed by atoms with van der Waals surface area (Å²) in [5, 5.41) is 5.19. The van der Waals surface area contributed by atoms with E-state index in [2.05, 4.69) is 10.3 Å². The van der Waals surface area contributed by atoms with Crippen LogP contribution < -0.4 is 19.7 Å². The van der Waals surface area contributed by atoms with Gasteiger partial charge in [0.1, 0.15) is 11.5 Å². The highest BCUT2D eigenvalue weighted by Crippen LogP contribution is 2.37. The van der Waals surface area contributed by atoms with Crippen molar-refractivity contribution in [2.24, 2.45) is 0 Å². The van der Waals surface area contributed by atoms with Gasteiger partial charge in [0.05, 0.1) is 25.0 Å². The van der Waals surface area contributed by atoms with Crippen molar-refractivity contribution >= 4 is 34.0 Å². The van der Waals surface area contributed by atoms with Crippen molar-refractivity contribution in [2.45, 2.75) is 6.54 Å². The van der Waals surface area contributed by atoms with E-state index in [9.17, 15) is 9.59 Å². The molecule has 0 atom stereocenters. The smallest absolute Gasteiger partial charge is 0.265 e. The normalized spacial score (nSPS) is 12.6. The lowest BCUT2D eigenvalue weighted by Crippen LogP contribution is -2.38. The predicted octanol–water partition coefficient (Wildman–Crippen LogP) is 5.00. The number of rotatable bonds is 6. The van der Waals surface area contributed by atoms with Crippen LogP contribution in [0.3, 0.4) is 0 Å². The highest BCUT2D eigenvalue weighted by molar-refractivity contribution is 7.14. The Morgan fingerprint density at radius 2 is 1.97 bits per heavy atom. The number of benzene rings is 3. The third-order valence-electron chi connectivity index (χ3n) is 5.44. The van der Waals surface area contributed by atoms with Gasteiger partial charge in [-0.25, -0.2) is 4.98 Å². The molecule has 0 saturated carbocycles. The van der Waals surface area contributed by atoms with Crippen LogP contribution in [0.2, 0.25) is 0 Å². The number of ether oxygens (including phenoxy) is 2. The topological polar surface area (TPSA) is 80.8 Å². The third kappa shape index (κ3) is 4.49. The van der Waals surface area contributed by atoms with Gasteiger partial charge in [-0.1, -0.05) is 36.4 Å². The molecule has 34 heavy (non-hydrogen) atoms. The quantitative estimate of drug-likeness (QED) is 0.428. The minimum absolute atomic E-state index is 0.0103. The van der Waals surface area contributed by atoms with Crippen LogP contribution in [-0.4, -0.2) is 30.5 Å². The molecule has 1 aliphatic rings. The Bertz CT molecular complexity index is 1350. The second-order valence-electron chi connectivity index (χ2n) is 7.66. The molecule has 0 fully saturated rings. The largest absolute Gasteiger partial charge is 0.497 e. The number of amides is 2. The molecule has 1 N–H and O–H groups in total. The molecule has 170 valence electrons. The van der Waals surface area contributed by atoms with E-state index in [1.54, 1.807) is 36.3 Å². The van der Waals surface area contributed by atoms with Gasteiger partial charge in [0.15, 0.2) is 11.7 Å². The number of carbonyl (C=O) groups excluding carboxylic acids is 2. The van der Waals surface area contributed by atoms with E-state index >= 15 is 0 Å². The molecule has 0 bridgehead atoms. The van der Waals surface area contributed by atoms with Crippen molar-refractivity contribution < 1.29 is 19.1 Å². The summed E-state index contributed by atoms with van der Waals surface area (Å²) in [5.74, 6) is 0.899. The van der Waals surface area contributed by atoms with Crippen LogP contribution in [0, 0.1) is 0 Å².